The van der Waals surface area contributed by atoms with Gasteiger partial charge in [-0.15, -0.1) is 0 Å². The van der Waals surface area contributed by atoms with Crippen LogP contribution in [-0.2, 0) is 6.61 Å². The second kappa shape index (κ2) is 4.09. The Morgan fingerprint density at radius 2 is 1.93 bits per heavy atom. The Morgan fingerprint density at radius 1 is 1.21 bits per heavy atom. The minimum atomic E-state index is -0.671. The molecule has 2 rings (SSSR count). The monoisotopic (exact) mass is 194 g/mol. The zero-order chi connectivity index (χ0) is 9.97. The Hall–Kier alpha value is -0.890. The van der Waals surface area contributed by atoms with Crippen LogP contribution in [0.25, 0.3) is 0 Å². The van der Waals surface area contributed by atoms with Crippen molar-refractivity contribution >= 4 is 0 Å². The number of aliphatic hydroxyl groups excluding tert-OH is 1. The van der Waals surface area contributed by atoms with Gasteiger partial charge in [0.25, 0.3) is 0 Å². The van der Waals surface area contributed by atoms with Crippen LogP contribution >= 0.6 is 0 Å². The van der Waals surface area contributed by atoms with Gasteiger partial charge in [0.2, 0.25) is 0 Å². The first-order valence-corrected chi connectivity index (χ1v) is 5.15. The summed E-state index contributed by atoms with van der Waals surface area (Å²) in [5.74, 6) is 0.0859. The summed E-state index contributed by atoms with van der Waals surface area (Å²) in [7, 11) is 0. The van der Waals surface area contributed by atoms with Gasteiger partial charge in [0, 0.05) is 5.92 Å². The summed E-state index contributed by atoms with van der Waals surface area (Å²) < 4.78 is 13.4. The molecule has 1 aromatic carbocycles. The highest BCUT2D eigenvalue weighted by Crippen LogP contribution is 2.36. The minimum Gasteiger partial charge on any atom is -0.392 e. The standard InChI is InChI=1S/C12H15FO/c13-12-3-1-2-11(12)10-6-4-9(8-14)5-7-10/h4-7,11-12,14H,1-3,8H2. The molecule has 0 bridgehead atoms. The lowest BCUT2D eigenvalue weighted by Gasteiger charge is -2.13. The van der Waals surface area contributed by atoms with Gasteiger partial charge in [-0.25, -0.2) is 4.39 Å². The zero-order valence-electron chi connectivity index (χ0n) is 8.12. The summed E-state index contributed by atoms with van der Waals surface area (Å²) >= 11 is 0. The molecule has 0 aromatic heterocycles. The third kappa shape index (κ3) is 1.80. The molecule has 1 N–H and O–H groups in total. The smallest absolute Gasteiger partial charge is 0.107 e. The van der Waals surface area contributed by atoms with E-state index >= 15 is 0 Å². The normalized spacial score (nSPS) is 26.7. The van der Waals surface area contributed by atoms with Crippen LogP contribution in [0, 0.1) is 0 Å². The quantitative estimate of drug-likeness (QED) is 0.767. The lowest BCUT2D eigenvalue weighted by atomic mass is 9.96. The topological polar surface area (TPSA) is 20.2 Å². The average Bonchev–Trinajstić information content (AvgIpc) is 2.65. The van der Waals surface area contributed by atoms with Gasteiger partial charge in [0.05, 0.1) is 6.61 Å². The van der Waals surface area contributed by atoms with Crippen molar-refractivity contribution in [1.29, 1.82) is 0 Å². The second-order valence-electron chi connectivity index (χ2n) is 3.95. The van der Waals surface area contributed by atoms with Gasteiger partial charge in [-0.2, -0.15) is 0 Å². The molecule has 1 saturated carbocycles. The maximum atomic E-state index is 13.4. The molecule has 1 aromatic rings. The second-order valence-corrected chi connectivity index (χ2v) is 3.95. The van der Waals surface area contributed by atoms with Crippen LogP contribution in [0.3, 0.4) is 0 Å². The number of hydrogen-bond acceptors (Lipinski definition) is 1. The Labute approximate surface area is 83.6 Å². The molecule has 0 heterocycles. The summed E-state index contributed by atoms with van der Waals surface area (Å²) in [5.41, 5.74) is 1.97. The summed E-state index contributed by atoms with van der Waals surface area (Å²) in [5, 5.41) is 8.87. The summed E-state index contributed by atoms with van der Waals surface area (Å²) in [4.78, 5) is 0. The first kappa shape index (κ1) is 9.66. The highest BCUT2D eigenvalue weighted by Gasteiger charge is 2.27. The summed E-state index contributed by atoms with van der Waals surface area (Å²) in [6.45, 7) is 0.0595. The Morgan fingerprint density at radius 3 is 2.43 bits per heavy atom. The van der Waals surface area contributed by atoms with Gasteiger partial charge in [-0.1, -0.05) is 24.3 Å². The largest absolute Gasteiger partial charge is 0.392 e. The van der Waals surface area contributed by atoms with Crippen LogP contribution in [-0.4, -0.2) is 11.3 Å². The highest BCUT2D eigenvalue weighted by atomic mass is 19.1. The molecule has 2 atom stereocenters. The number of hydrogen-bond donors (Lipinski definition) is 1. The minimum absolute atomic E-state index is 0.0595. The molecular weight excluding hydrogens is 179 g/mol. The van der Waals surface area contributed by atoms with Crippen molar-refractivity contribution in [2.75, 3.05) is 0 Å². The van der Waals surface area contributed by atoms with Crippen LogP contribution in [0.5, 0.6) is 0 Å². The summed E-state index contributed by atoms with van der Waals surface area (Å²) in [6, 6.07) is 7.63. The van der Waals surface area contributed by atoms with Crippen molar-refractivity contribution in [3.05, 3.63) is 35.4 Å². The molecule has 0 radical (unpaired) electrons. The van der Waals surface area contributed by atoms with Crippen LogP contribution in [0.2, 0.25) is 0 Å². The van der Waals surface area contributed by atoms with Gasteiger partial charge in [0.1, 0.15) is 6.17 Å². The molecule has 2 unspecified atom stereocenters. The molecule has 76 valence electrons. The van der Waals surface area contributed by atoms with Crippen LogP contribution < -0.4 is 0 Å². The van der Waals surface area contributed by atoms with Gasteiger partial charge < -0.3 is 5.11 Å². The fourth-order valence-electron chi connectivity index (χ4n) is 2.16. The van der Waals surface area contributed by atoms with Gasteiger partial charge in [-0.3, -0.25) is 0 Å². The van der Waals surface area contributed by atoms with E-state index in [4.69, 9.17) is 5.11 Å². The summed E-state index contributed by atoms with van der Waals surface area (Å²) in [6.07, 6.45) is 1.98. The lowest BCUT2D eigenvalue weighted by Crippen LogP contribution is -2.05. The van der Waals surface area contributed by atoms with Crippen LogP contribution in [0.4, 0.5) is 4.39 Å². The molecule has 1 nitrogen and oxygen atoms in total. The van der Waals surface area contributed by atoms with Gasteiger partial charge >= 0.3 is 0 Å². The lowest BCUT2D eigenvalue weighted by molar-refractivity contribution is 0.281. The van der Waals surface area contributed by atoms with E-state index in [0.717, 1.165) is 24.0 Å². The molecule has 1 aliphatic carbocycles. The zero-order valence-corrected chi connectivity index (χ0v) is 8.12. The van der Waals surface area contributed by atoms with Crippen molar-refractivity contribution in [3.63, 3.8) is 0 Å². The third-order valence-electron chi connectivity index (χ3n) is 3.02. The fourth-order valence-corrected chi connectivity index (χ4v) is 2.16. The van der Waals surface area contributed by atoms with E-state index in [0.29, 0.717) is 6.42 Å². The molecular formula is C12H15FO. The van der Waals surface area contributed by atoms with Crippen molar-refractivity contribution in [2.45, 2.75) is 38.0 Å². The van der Waals surface area contributed by atoms with Crippen LogP contribution in [0.1, 0.15) is 36.3 Å². The van der Waals surface area contributed by atoms with E-state index in [9.17, 15) is 4.39 Å². The molecule has 1 fully saturated rings. The van der Waals surface area contributed by atoms with E-state index in [2.05, 4.69) is 0 Å². The Balaban J connectivity index is 2.16. The molecule has 2 heteroatoms. The maximum absolute atomic E-state index is 13.4. The first-order chi connectivity index (χ1) is 6.81. The van der Waals surface area contributed by atoms with E-state index < -0.39 is 6.17 Å². The number of benzene rings is 1. The molecule has 14 heavy (non-hydrogen) atoms. The van der Waals surface area contributed by atoms with Gasteiger partial charge in [-0.05, 0) is 30.4 Å². The van der Waals surface area contributed by atoms with Crippen molar-refractivity contribution in [3.8, 4) is 0 Å². The van der Waals surface area contributed by atoms with E-state index in [1.165, 1.54) is 0 Å². The fraction of sp³-hybridized carbons (Fsp3) is 0.500. The van der Waals surface area contributed by atoms with Crippen molar-refractivity contribution < 1.29 is 9.50 Å². The molecule has 1 aliphatic rings. The number of alkyl halides is 1. The molecule has 0 saturated heterocycles. The number of halogens is 1. The van der Waals surface area contributed by atoms with Gasteiger partial charge in [0.15, 0.2) is 0 Å². The van der Waals surface area contributed by atoms with E-state index in [1.54, 1.807) is 0 Å². The van der Waals surface area contributed by atoms with E-state index in [1.807, 2.05) is 24.3 Å². The van der Waals surface area contributed by atoms with Crippen molar-refractivity contribution in [1.82, 2.24) is 0 Å². The van der Waals surface area contributed by atoms with Crippen molar-refractivity contribution in [2.24, 2.45) is 0 Å². The van der Waals surface area contributed by atoms with Crippen LogP contribution in [0.15, 0.2) is 24.3 Å². The Bertz CT molecular complexity index is 294. The number of rotatable bonds is 2. The predicted molar refractivity (Wildman–Crippen MR) is 53.9 cm³/mol. The first-order valence-electron chi connectivity index (χ1n) is 5.15. The SMILES string of the molecule is OCc1ccc(C2CCCC2F)cc1. The average molecular weight is 194 g/mol. The number of aliphatic hydroxyl groups is 1. The Kier molecular flexibility index (Phi) is 2.82. The third-order valence-corrected chi connectivity index (χ3v) is 3.02. The highest BCUT2D eigenvalue weighted by molar-refractivity contribution is 5.26. The maximum Gasteiger partial charge on any atom is 0.107 e. The molecule has 0 amide bonds. The van der Waals surface area contributed by atoms with E-state index in [-0.39, 0.29) is 12.5 Å². The molecule has 0 aliphatic heterocycles. The predicted octanol–water partition coefficient (Wildman–Crippen LogP) is 2.78. The molecule has 0 spiro atoms.